The molecule has 0 unspecified atom stereocenters. The minimum absolute atomic E-state index is 0.143. The van der Waals surface area contributed by atoms with E-state index in [0.717, 1.165) is 30.0 Å². The Labute approximate surface area is 127 Å². The van der Waals surface area contributed by atoms with E-state index in [2.05, 4.69) is 9.88 Å². The number of carbonyl (C=O) groups is 1. The third-order valence-corrected chi connectivity index (χ3v) is 3.33. The number of hydrogen-bond donors (Lipinski definition) is 1. The number of aryl methyl sites for hydroxylation is 2. The van der Waals surface area contributed by atoms with Gasteiger partial charge in [-0.25, -0.2) is 0 Å². The van der Waals surface area contributed by atoms with Crippen LogP contribution in [-0.4, -0.2) is 61.7 Å². The van der Waals surface area contributed by atoms with E-state index in [4.69, 9.17) is 9.47 Å². The molecule has 0 fully saturated rings. The third kappa shape index (κ3) is 6.42. The number of Topliss-reactive ketones (excluding diaryl/α,β-unsaturated/α-hetero) is 1. The molecule has 0 saturated carbocycles. The maximum Gasteiger partial charge on any atom is 0.178 e. The Balaban J connectivity index is 2.56. The van der Waals surface area contributed by atoms with Gasteiger partial charge in [-0.15, -0.1) is 0 Å². The van der Waals surface area contributed by atoms with E-state index in [1.54, 1.807) is 0 Å². The zero-order valence-corrected chi connectivity index (χ0v) is 13.7. The molecule has 0 atom stereocenters. The molecule has 0 spiro atoms. The van der Waals surface area contributed by atoms with Gasteiger partial charge in [0.1, 0.15) is 0 Å². The summed E-state index contributed by atoms with van der Waals surface area (Å²) < 4.78 is 10.8. The van der Waals surface area contributed by atoms with E-state index in [9.17, 15) is 4.79 Å². The molecule has 0 amide bonds. The Kier molecular flexibility index (Phi) is 8.27. The van der Waals surface area contributed by atoms with Crippen LogP contribution in [0.2, 0.25) is 0 Å². The number of nitrogens with zero attached hydrogens (tertiary/aromatic N) is 1. The normalized spacial score (nSPS) is 11.3. The second-order valence-corrected chi connectivity index (χ2v) is 5.08. The number of aromatic amines is 1. The molecule has 0 aliphatic heterocycles. The lowest BCUT2D eigenvalue weighted by atomic mass is 10.1. The first kappa shape index (κ1) is 17.9. The smallest absolute Gasteiger partial charge is 0.178 e. The van der Waals surface area contributed by atoms with Crippen molar-refractivity contribution in [2.24, 2.45) is 0 Å². The van der Waals surface area contributed by atoms with Crippen LogP contribution in [0.3, 0.4) is 0 Å². The van der Waals surface area contributed by atoms with Gasteiger partial charge in [-0.2, -0.15) is 0 Å². The van der Waals surface area contributed by atoms with E-state index in [1.807, 2.05) is 33.8 Å². The van der Waals surface area contributed by atoms with Gasteiger partial charge in [0, 0.05) is 43.3 Å². The molecule has 1 aromatic rings. The summed E-state index contributed by atoms with van der Waals surface area (Å²) in [6, 6.07) is 1.92. The molecule has 0 aliphatic rings. The number of hydrogen-bond acceptors (Lipinski definition) is 4. The molecular weight excluding hydrogens is 268 g/mol. The van der Waals surface area contributed by atoms with Crippen molar-refractivity contribution in [3.05, 3.63) is 23.0 Å². The van der Waals surface area contributed by atoms with Crippen molar-refractivity contribution in [2.75, 3.05) is 46.1 Å². The fourth-order valence-electron chi connectivity index (χ4n) is 2.25. The van der Waals surface area contributed by atoms with Gasteiger partial charge in [0.2, 0.25) is 0 Å². The van der Waals surface area contributed by atoms with Crippen molar-refractivity contribution in [2.45, 2.75) is 27.7 Å². The predicted molar refractivity (Wildman–Crippen MR) is 84.0 cm³/mol. The molecule has 21 heavy (non-hydrogen) atoms. The molecular formula is C16H28N2O3. The van der Waals surface area contributed by atoms with Crippen molar-refractivity contribution in [3.63, 3.8) is 0 Å². The molecule has 5 heteroatoms. The highest BCUT2D eigenvalue weighted by Gasteiger charge is 2.15. The molecule has 5 nitrogen and oxygen atoms in total. The van der Waals surface area contributed by atoms with Crippen molar-refractivity contribution in [1.29, 1.82) is 0 Å². The summed E-state index contributed by atoms with van der Waals surface area (Å²) in [5.41, 5.74) is 2.74. The quantitative estimate of drug-likeness (QED) is 0.502. The fraction of sp³-hybridized carbons (Fsp3) is 0.688. The highest BCUT2D eigenvalue weighted by Crippen LogP contribution is 2.11. The average molecular weight is 296 g/mol. The summed E-state index contributed by atoms with van der Waals surface area (Å²) in [5, 5.41) is 0. The van der Waals surface area contributed by atoms with Crippen LogP contribution in [0.1, 0.15) is 35.6 Å². The van der Waals surface area contributed by atoms with Crippen LogP contribution in [0.15, 0.2) is 6.07 Å². The van der Waals surface area contributed by atoms with Gasteiger partial charge in [-0.3, -0.25) is 9.69 Å². The summed E-state index contributed by atoms with van der Waals surface area (Å²) in [5.74, 6) is 0.143. The van der Waals surface area contributed by atoms with Crippen LogP contribution in [0.4, 0.5) is 0 Å². The number of carbonyl (C=O) groups excluding carboxylic acids is 1. The number of aromatic nitrogens is 1. The van der Waals surface area contributed by atoms with Gasteiger partial charge in [-0.1, -0.05) is 0 Å². The van der Waals surface area contributed by atoms with Gasteiger partial charge < -0.3 is 14.5 Å². The van der Waals surface area contributed by atoms with Crippen LogP contribution in [0.5, 0.6) is 0 Å². The van der Waals surface area contributed by atoms with Gasteiger partial charge >= 0.3 is 0 Å². The van der Waals surface area contributed by atoms with Crippen LogP contribution in [0, 0.1) is 13.8 Å². The largest absolute Gasteiger partial charge is 0.380 e. The van der Waals surface area contributed by atoms with Crippen molar-refractivity contribution < 1.29 is 14.3 Å². The van der Waals surface area contributed by atoms with E-state index >= 15 is 0 Å². The average Bonchev–Trinajstić information content (AvgIpc) is 2.78. The van der Waals surface area contributed by atoms with E-state index in [0.29, 0.717) is 33.0 Å². The van der Waals surface area contributed by atoms with E-state index in [1.165, 1.54) is 0 Å². The molecule has 0 saturated heterocycles. The molecule has 1 aromatic heterocycles. The first-order chi connectivity index (χ1) is 10.1. The molecule has 0 aliphatic carbocycles. The molecule has 0 bridgehead atoms. The van der Waals surface area contributed by atoms with Crippen LogP contribution in [-0.2, 0) is 9.47 Å². The number of nitrogens with one attached hydrogen (secondary N) is 1. The monoisotopic (exact) mass is 296 g/mol. The van der Waals surface area contributed by atoms with Crippen molar-refractivity contribution in [3.8, 4) is 0 Å². The van der Waals surface area contributed by atoms with Gasteiger partial charge in [0.25, 0.3) is 0 Å². The lowest BCUT2D eigenvalue weighted by molar-refractivity contribution is 0.0725. The van der Waals surface area contributed by atoms with Gasteiger partial charge in [0.15, 0.2) is 5.78 Å². The molecule has 0 aromatic carbocycles. The van der Waals surface area contributed by atoms with Gasteiger partial charge in [-0.05, 0) is 33.8 Å². The Hall–Kier alpha value is -1.17. The summed E-state index contributed by atoms with van der Waals surface area (Å²) in [7, 11) is 0. The molecule has 0 radical (unpaired) electrons. The first-order valence-electron chi connectivity index (χ1n) is 7.65. The van der Waals surface area contributed by atoms with Crippen LogP contribution < -0.4 is 0 Å². The topological polar surface area (TPSA) is 54.6 Å². The summed E-state index contributed by atoms with van der Waals surface area (Å²) in [4.78, 5) is 17.7. The SMILES string of the molecule is CCOCCN(CCOCC)CC(=O)c1cc(C)[nH]c1C. The third-order valence-electron chi connectivity index (χ3n) is 3.33. The van der Waals surface area contributed by atoms with Crippen molar-refractivity contribution >= 4 is 5.78 Å². The lowest BCUT2D eigenvalue weighted by Crippen LogP contribution is -2.35. The number of rotatable bonds is 11. The first-order valence-corrected chi connectivity index (χ1v) is 7.65. The number of ether oxygens (including phenoxy) is 2. The Morgan fingerprint density at radius 3 is 2.14 bits per heavy atom. The Morgan fingerprint density at radius 2 is 1.71 bits per heavy atom. The number of ketones is 1. The minimum atomic E-state index is 0.143. The molecule has 1 rings (SSSR count). The van der Waals surface area contributed by atoms with E-state index < -0.39 is 0 Å². The Bertz CT molecular complexity index is 419. The molecule has 1 heterocycles. The highest BCUT2D eigenvalue weighted by molar-refractivity contribution is 5.98. The summed E-state index contributed by atoms with van der Waals surface area (Å²) >= 11 is 0. The maximum atomic E-state index is 12.4. The molecule has 120 valence electrons. The lowest BCUT2D eigenvalue weighted by Gasteiger charge is -2.21. The van der Waals surface area contributed by atoms with Gasteiger partial charge in [0.05, 0.1) is 19.8 Å². The maximum absolute atomic E-state index is 12.4. The van der Waals surface area contributed by atoms with E-state index in [-0.39, 0.29) is 5.78 Å². The van der Waals surface area contributed by atoms with Crippen molar-refractivity contribution in [1.82, 2.24) is 9.88 Å². The second-order valence-electron chi connectivity index (χ2n) is 5.08. The fourth-order valence-corrected chi connectivity index (χ4v) is 2.25. The highest BCUT2D eigenvalue weighted by atomic mass is 16.5. The Morgan fingerprint density at radius 1 is 1.14 bits per heavy atom. The summed E-state index contributed by atoms with van der Waals surface area (Å²) in [6.45, 7) is 12.4. The zero-order valence-electron chi connectivity index (χ0n) is 13.7. The number of H-pyrrole nitrogens is 1. The standard InChI is InChI=1S/C16H28N2O3/c1-5-20-9-7-18(8-10-21-6-2)12-16(19)15-11-13(3)17-14(15)4/h11,17H,5-10,12H2,1-4H3. The second kappa shape index (κ2) is 9.71. The molecule has 1 N–H and O–H groups in total. The summed E-state index contributed by atoms with van der Waals surface area (Å²) in [6.07, 6.45) is 0. The minimum Gasteiger partial charge on any atom is -0.380 e. The predicted octanol–water partition coefficient (Wildman–Crippen LogP) is 2.19. The zero-order chi connectivity index (χ0) is 15.7. The van der Waals surface area contributed by atoms with Crippen LogP contribution in [0.25, 0.3) is 0 Å². The van der Waals surface area contributed by atoms with Crippen LogP contribution >= 0.6 is 0 Å².